The average molecular weight is 230 g/mol. The van der Waals surface area contributed by atoms with Crippen LogP contribution >= 0.6 is 0 Å². The molecule has 2 N–H and O–H groups in total. The van der Waals surface area contributed by atoms with Gasteiger partial charge >= 0.3 is 0 Å². The van der Waals surface area contributed by atoms with Gasteiger partial charge in [-0.3, -0.25) is 0 Å². The Morgan fingerprint density at radius 2 is 1.65 bits per heavy atom. The van der Waals surface area contributed by atoms with Crippen molar-refractivity contribution in [3.05, 3.63) is 24.3 Å². The number of fused-ring (bicyclic) bond motifs is 1. The summed E-state index contributed by atoms with van der Waals surface area (Å²) in [7, 11) is 0. The first-order chi connectivity index (χ1) is 8.34. The van der Waals surface area contributed by atoms with E-state index in [1.807, 2.05) is 12.1 Å². The molecule has 2 atom stereocenters. The fraction of sp³-hybridized carbons (Fsp3) is 0.600. The Kier molecular flexibility index (Phi) is 2.96. The number of nitrogens with zero attached hydrogens (tertiary/aromatic N) is 1. The molecule has 1 saturated heterocycles. The predicted molar refractivity (Wildman–Crippen MR) is 73.2 cm³/mol. The van der Waals surface area contributed by atoms with Gasteiger partial charge in [-0.15, -0.1) is 0 Å². The lowest BCUT2D eigenvalue weighted by Crippen LogP contribution is -2.46. The van der Waals surface area contributed by atoms with Crippen molar-refractivity contribution in [3.63, 3.8) is 0 Å². The lowest BCUT2D eigenvalue weighted by atomic mass is 9.78. The van der Waals surface area contributed by atoms with E-state index >= 15 is 0 Å². The number of anilines is 2. The highest BCUT2D eigenvalue weighted by molar-refractivity contribution is 5.54. The van der Waals surface area contributed by atoms with Crippen LogP contribution in [-0.4, -0.2) is 12.6 Å². The van der Waals surface area contributed by atoms with Gasteiger partial charge in [-0.2, -0.15) is 0 Å². The Balaban J connectivity index is 1.83. The van der Waals surface area contributed by atoms with Gasteiger partial charge < -0.3 is 10.6 Å². The molecule has 1 aliphatic heterocycles. The van der Waals surface area contributed by atoms with Crippen molar-refractivity contribution in [3.8, 4) is 0 Å². The molecule has 1 aromatic rings. The van der Waals surface area contributed by atoms with Crippen LogP contribution in [0.1, 0.15) is 38.5 Å². The minimum atomic E-state index is 0.793. The van der Waals surface area contributed by atoms with E-state index in [2.05, 4.69) is 17.0 Å². The SMILES string of the molecule is Nc1ccc(N2CCC[C@H]3CCCC[C@H]32)cc1. The molecular weight excluding hydrogens is 208 g/mol. The van der Waals surface area contributed by atoms with Crippen molar-refractivity contribution < 1.29 is 0 Å². The number of hydrogen-bond donors (Lipinski definition) is 1. The second kappa shape index (κ2) is 4.59. The largest absolute Gasteiger partial charge is 0.399 e. The molecule has 0 aromatic heterocycles. The van der Waals surface area contributed by atoms with Crippen molar-refractivity contribution in [2.24, 2.45) is 5.92 Å². The lowest BCUT2D eigenvalue weighted by Gasteiger charge is -2.45. The summed E-state index contributed by atoms with van der Waals surface area (Å²) in [5.41, 5.74) is 8.01. The molecular formula is C15H22N2. The van der Waals surface area contributed by atoms with Crippen LogP contribution in [0.3, 0.4) is 0 Å². The Morgan fingerprint density at radius 3 is 2.47 bits per heavy atom. The zero-order chi connectivity index (χ0) is 11.7. The third-order valence-electron chi connectivity index (χ3n) is 4.47. The first-order valence-electron chi connectivity index (χ1n) is 6.97. The summed E-state index contributed by atoms with van der Waals surface area (Å²) in [6.45, 7) is 1.23. The van der Waals surface area contributed by atoms with Gasteiger partial charge in [0.25, 0.3) is 0 Å². The first-order valence-corrected chi connectivity index (χ1v) is 6.97. The minimum Gasteiger partial charge on any atom is -0.399 e. The zero-order valence-electron chi connectivity index (χ0n) is 10.4. The van der Waals surface area contributed by atoms with Crippen molar-refractivity contribution in [2.45, 2.75) is 44.6 Å². The van der Waals surface area contributed by atoms with Crippen LogP contribution in [-0.2, 0) is 0 Å². The normalized spacial score (nSPS) is 28.8. The molecule has 1 saturated carbocycles. The summed E-state index contributed by atoms with van der Waals surface area (Å²) in [6, 6.07) is 9.23. The third-order valence-corrected chi connectivity index (χ3v) is 4.47. The fourth-order valence-corrected chi connectivity index (χ4v) is 3.61. The van der Waals surface area contributed by atoms with E-state index in [-0.39, 0.29) is 0 Å². The summed E-state index contributed by atoms with van der Waals surface area (Å²) in [5, 5.41) is 0. The predicted octanol–water partition coefficient (Wildman–Crippen LogP) is 3.43. The first kappa shape index (κ1) is 10.9. The molecule has 0 amide bonds. The molecule has 2 nitrogen and oxygen atoms in total. The van der Waals surface area contributed by atoms with Crippen LogP contribution in [0.4, 0.5) is 11.4 Å². The topological polar surface area (TPSA) is 29.3 Å². The Labute approximate surface area is 104 Å². The molecule has 1 aliphatic carbocycles. The van der Waals surface area contributed by atoms with E-state index in [1.54, 1.807) is 0 Å². The Morgan fingerprint density at radius 1 is 0.941 bits per heavy atom. The van der Waals surface area contributed by atoms with E-state index in [0.717, 1.165) is 17.6 Å². The van der Waals surface area contributed by atoms with Gasteiger partial charge in [0, 0.05) is 24.0 Å². The third kappa shape index (κ3) is 2.13. The summed E-state index contributed by atoms with van der Waals surface area (Å²) in [5.74, 6) is 0.940. The minimum absolute atomic E-state index is 0.793. The van der Waals surface area contributed by atoms with E-state index in [9.17, 15) is 0 Å². The molecule has 2 aliphatic rings. The number of hydrogen-bond acceptors (Lipinski definition) is 2. The molecule has 92 valence electrons. The van der Waals surface area contributed by atoms with E-state index in [0.29, 0.717) is 0 Å². The van der Waals surface area contributed by atoms with Crippen molar-refractivity contribution >= 4 is 11.4 Å². The van der Waals surface area contributed by atoms with E-state index in [4.69, 9.17) is 5.73 Å². The number of piperidine rings is 1. The molecule has 2 heteroatoms. The molecule has 1 heterocycles. The maximum Gasteiger partial charge on any atom is 0.0370 e. The van der Waals surface area contributed by atoms with E-state index < -0.39 is 0 Å². The lowest BCUT2D eigenvalue weighted by molar-refractivity contribution is 0.244. The number of nitrogen functional groups attached to an aromatic ring is 1. The molecule has 1 aromatic carbocycles. The summed E-state index contributed by atoms with van der Waals surface area (Å²) in [4.78, 5) is 2.63. The highest BCUT2D eigenvalue weighted by Crippen LogP contribution is 2.37. The molecule has 3 rings (SSSR count). The van der Waals surface area contributed by atoms with Gasteiger partial charge in [0.15, 0.2) is 0 Å². The van der Waals surface area contributed by atoms with Crippen LogP contribution in [0, 0.1) is 5.92 Å². The number of nitrogens with two attached hydrogens (primary N) is 1. The van der Waals surface area contributed by atoms with Gasteiger partial charge in [-0.05, 0) is 55.9 Å². The van der Waals surface area contributed by atoms with Crippen LogP contribution in [0.15, 0.2) is 24.3 Å². The van der Waals surface area contributed by atoms with E-state index in [1.165, 1.54) is 50.8 Å². The Hall–Kier alpha value is -1.18. The van der Waals surface area contributed by atoms with Gasteiger partial charge in [0.2, 0.25) is 0 Å². The summed E-state index contributed by atoms with van der Waals surface area (Å²) < 4.78 is 0. The van der Waals surface area contributed by atoms with Gasteiger partial charge in [-0.25, -0.2) is 0 Å². The maximum absolute atomic E-state index is 5.77. The highest BCUT2D eigenvalue weighted by atomic mass is 15.2. The second-order valence-electron chi connectivity index (χ2n) is 5.54. The molecule has 0 unspecified atom stereocenters. The summed E-state index contributed by atoms with van der Waals surface area (Å²) >= 11 is 0. The smallest absolute Gasteiger partial charge is 0.0370 e. The summed E-state index contributed by atoms with van der Waals surface area (Å²) in [6.07, 6.45) is 8.47. The van der Waals surface area contributed by atoms with Crippen LogP contribution in [0.5, 0.6) is 0 Å². The standard InChI is InChI=1S/C15H22N2/c16-13-7-9-14(10-8-13)17-11-3-5-12-4-1-2-6-15(12)17/h7-10,12,15H,1-6,11,16H2/t12-,15-/m1/s1. The zero-order valence-corrected chi connectivity index (χ0v) is 10.4. The van der Waals surface area contributed by atoms with Crippen molar-refractivity contribution in [1.82, 2.24) is 0 Å². The quantitative estimate of drug-likeness (QED) is 0.749. The van der Waals surface area contributed by atoms with Crippen LogP contribution < -0.4 is 10.6 Å². The number of benzene rings is 1. The molecule has 2 fully saturated rings. The molecule has 0 radical (unpaired) electrons. The number of rotatable bonds is 1. The highest BCUT2D eigenvalue weighted by Gasteiger charge is 2.33. The van der Waals surface area contributed by atoms with Crippen molar-refractivity contribution in [1.29, 1.82) is 0 Å². The maximum atomic E-state index is 5.77. The van der Waals surface area contributed by atoms with Crippen molar-refractivity contribution in [2.75, 3.05) is 17.2 Å². The second-order valence-corrected chi connectivity index (χ2v) is 5.54. The fourth-order valence-electron chi connectivity index (χ4n) is 3.61. The van der Waals surface area contributed by atoms with Crippen LogP contribution in [0.25, 0.3) is 0 Å². The Bertz CT molecular complexity index is 369. The average Bonchev–Trinajstić information content (AvgIpc) is 2.39. The molecule has 0 spiro atoms. The van der Waals surface area contributed by atoms with Gasteiger partial charge in [-0.1, -0.05) is 12.8 Å². The molecule has 0 bridgehead atoms. The van der Waals surface area contributed by atoms with Gasteiger partial charge in [0.1, 0.15) is 0 Å². The van der Waals surface area contributed by atoms with Gasteiger partial charge in [0.05, 0.1) is 0 Å². The van der Waals surface area contributed by atoms with Crippen LogP contribution in [0.2, 0.25) is 0 Å². The monoisotopic (exact) mass is 230 g/mol. The molecule has 17 heavy (non-hydrogen) atoms.